The lowest BCUT2D eigenvalue weighted by Gasteiger charge is -2.45. The van der Waals surface area contributed by atoms with Gasteiger partial charge < -0.3 is 13.9 Å². The molecule has 0 fully saturated rings. The minimum atomic E-state index is -1.11. The van der Waals surface area contributed by atoms with Crippen LogP contribution in [0.2, 0.25) is 5.02 Å². The molecule has 6 rings (SSSR count). The number of halogens is 2. The molecule has 2 aromatic heterocycles. The topological polar surface area (TPSA) is 83.0 Å². The molecule has 4 aromatic rings. The third kappa shape index (κ3) is 3.98. The average molecular weight is 539 g/mol. The van der Waals surface area contributed by atoms with Gasteiger partial charge in [0.15, 0.2) is 4.80 Å². The summed E-state index contributed by atoms with van der Waals surface area (Å²) < 4.78 is 33.0. The Hall–Kier alpha value is -3.69. The highest BCUT2D eigenvalue weighted by molar-refractivity contribution is 7.07. The van der Waals surface area contributed by atoms with E-state index in [1.165, 1.54) is 36.5 Å². The van der Waals surface area contributed by atoms with Gasteiger partial charge in [-0.05, 0) is 44.2 Å². The van der Waals surface area contributed by atoms with E-state index in [0.29, 0.717) is 32.4 Å². The van der Waals surface area contributed by atoms with E-state index in [9.17, 15) is 14.0 Å². The molecule has 0 saturated heterocycles. The van der Waals surface area contributed by atoms with Crippen LogP contribution in [-0.2, 0) is 11.4 Å². The third-order valence-electron chi connectivity index (χ3n) is 6.55. The number of hydrogen-bond acceptors (Lipinski definition) is 7. The van der Waals surface area contributed by atoms with Crippen molar-refractivity contribution in [1.82, 2.24) is 4.57 Å². The van der Waals surface area contributed by atoms with E-state index < -0.39 is 23.5 Å². The maximum atomic E-state index is 13.6. The lowest BCUT2D eigenvalue weighted by Crippen LogP contribution is -2.58. The number of ether oxygens (including phenoxy) is 2. The largest absolute Gasteiger partial charge is 0.486 e. The SMILES string of the molecule is CC(=O)[C@H]1[C@H]2c3ccccc3O[C@]1(C)N=c1s/c(=C/c3ccc(COc4ccc(F)c(Cl)c4)o3)c(=O)n12. The number of rotatable bonds is 5. The standard InChI is InChI=1S/C27H20ClFN2O5S/c1-14(32)23-24-18-5-3-4-6-21(18)36-27(23,2)30-26-31(24)25(33)22(37-26)12-16-7-8-17(35-16)13-34-15-9-10-20(29)19(28)11-15/h3-12,23-24H,13H2,1-2H3/b22-12+/t23-,24+,27-/m0/s1. The Balaban J connectivity index is 1.36. The number of fused-ring (bicyclic) bond motifs is 6. The maximum absolute atomic E-state index is 13.6. The van der Waals surface area contributed by atoms with E-state index in [1.807, 2.05) is 24.3 Å². The molecule has 0 unspecified atom stereocenters. The fourth-order valence-electron chi connectivity index (χ4n) is 4.96. The normalized spacial score (nSPS) is 22.0. The number of aromatic nitrogens is 1. The minimum absolute atomic E-state index is 0.0306. The highest BCUT2D eigenvalue weighted by Gasteiger charge is 2.53. The van der Waals surface area contributed by atoms with Crippen molar-refractivity contribution in [3.05, 3.63) is 102 Å². The van der Waals surface area contributed by atoms with Crippen molar-refractivity contribution in [2.45, 2.75) is 32.2 Å². The first kappa shape index (κ1) is 23.7. The van der Waals surface area contributed by atoms with Crippen molar-refractivity contribution < 1.29 is 23.1 Å². The van der Waals surface area contributed by atoms with E-state index in [4.69, 9.17) is 30.5 Å². The van der Waals surface area contributed by atoms with Crippen LogP contribution in [0.3, 0.4) is 0 Å². The molecule has 2 aromatic carbocycles. The third-order valence-corrected chi connectivity index (χ3v) is 7.82. The molecule has 0 radical (unpaired) electrons. The molecule has 0 amide bonds. The second-order valence-electron chi connectivity index (χ2n) is 9.08. The smallest absolute Gasteiger partial charge is 0.271 e. The zero-order chi connectivity index (χ0) is 25.9. The van der Waals surface area contributed by atoms with Gasteiger partial charge in [-0.25, -0.2) is 9.38 Å². The Bertz CT molecular complexity index is 1740. The maximum Gasteiger partial charge on any atom is 0.271 e. The molecule has 37 heavy (non-hydrogen) atoms. The zero-order valence-electron chi connectivity index (χ0n) is 19.7. The van der Waals surface area contributed by atoms with Crippen LogP contribution >= 0.6 is 22.9 Å². The average Bonchev–Trinajstić information content (AvgIpc) is 3.42. The van der Waals surface area contributed by atoms with Crippen molar-refractivity contribution >= 4 is 34.8 Å². The molecule has 10 heteroatoms. The molecule has 3 atom stereocenters. The summed E-state index contributed by atoms with van der Waals surface area (Å²) in [6.07, 6.45) is 1.65. The summed E-state index contributed by atoms with van der Waals surface area (Å²) in [5.41, 5.74) is -0.590. The van der Waals surface area contributed by atoms with Crippen LogP contribution in [0.25, 0.3) is 6.08 Å². The second kappa shape index (κ2) is 8.71. The number of hydrogen-bond donors (Lipinski definition) is 0. The molecular weight excluding hydrogens is 519 g/mol. The summed E-state index contributed by atoms with van der Waals surface area (Å²) >= 11 is 7.01. The Labute approximate surface area is 219 Å². The Morgan fingerprint density at radius 1 is 1.27 bits per heavy atom. The number of carbonyl (C=O) groups excluding carboxylic acids is 1. The van der Waals surface area contributed by atoms with Gasteiger partial charge in [0.05, 0.1) is 15.6 Å². The number of ketones is 1. The molecule has 0 aliphatic carbocycles. The van der Waals surface area contributed by atoms with Crippen LogP contribution < -0.4 is 24.4 Å². The fraction of sp³-hybridized carbons (Fsp3) is 0.222. The molecule has 188 valence electrons. The van der Waals surface area contributed by atoms with Gasteiger partial charge in [-0.2, -0.15) is 0 Å². The molecule has 0 N–H and O–H groups in total. The van der Waals surface area contributed by atoms with Crippen molar-refractivity contribution in [2.24, 2.45) is 10.9 Å². The van der Waals surface area contributed by atoms with Gasteiger partial charge in [-0.3, -0.25) is 14.2 Å². The van der Waals surface area contributed by atoms with Gasteiger partial charge in [-0.1, -0.05) is 41.1 Å². The fourth-order valence-corrected chi connectivity index (χ4v) is 6.21. The highest BCUT2D eigenvalue weighted by atomic mass is 35.5. The highest BCUT2D eigenvalue weighted by Crippen LogP contribution is 2.47. The molecular formula is C27H20ClFN2O5S. The molecule has 2 aliphatic heterocycles. The molecule has 7 nitrogen and oxygen atoms in total. The number of furan rings is 1. The molecule has 2 aliphatic rings. The number of carbonyl (C=O) groups is 1. The summed E-state index contributed by atoms with van der Waals surface area (Å²) in [5.74, 6) is 0.731. The van der Waals surface area contributed by atoms with E-state index in [2.05, 4.69) is 0 Å². The first-order chi connectivity index (χ1) is 17.7. The predicted molar refractivity (Wildman–Crippen MR) is 135 cm³/mol. The number of nitrogens with zero attached hydrogens (tertiary/aromatic N) is 2. The second-order valence-corrected chi connectivity index (χ2v) is 10.5. The van der Waals surface area contributed by atoms with E-state index in [-0.39, 0.29) is 23.0 Å². The van der Waals surface area contributed by atoms with Crippen LogP contribution in [0.15, 0.2) is 68.8 Å². The van der Waals surface area contributed by atoms with Crippen LogP contribution in [0, 0.1) is 11.7 Å². The Kier molecular flexibility index (Phi) is 5.58. The molecule has 4 heterocycles. The molecule has 0 spiro atoms. The molecule has 2 bridgehead atoms. The summed E-state index contributed by atoms with van der Waals surface area (Å²) in [4.78, 5) is 31.6. The number of Topliss-reactive ketones (excluding diaryl/α,β-unsaturated/α-hetero) is 1. The lowest BCUT2D eigenvalue weighted by molar-refractivity contribution is -0.132. The van der Waals surface area contributed by atoms with Crippen molar-refractivity contribution in [1.29, 1.82) is 0 Å². The lowest BCUT2D eigenvalue weighted by atomic mass is 9.79. The van der Waals surface area contributed by atoms with E-state index >= 15 is 0 Å². The van der Waals surface area contributed by atoms with Crippen LogP contribution in [0.4, 0.5) is 4.39 Å². The van der Waals surface area contributed by atoms with Gasteiger partial charge in [-0.15, -0.1) is 0 Å². The van der Waals surface area contributed by atoms with Crippen LogP contribution in [0.1, 0.15) is 37.0 Å². The van der Waals surface area contributed by atoms with Gasteiger partial charge in [0.25, 0.3) is 5.56 Å². The Morgan fingerprint density at radius 2 is 2.08 bits per heavy atom. The van der Waals surface area contributed by atoms with Crippen LogP contribution in [0.5, 0.6) is 11.5 Å². The minimum Gasteiger partial charge on any atom is -0.486 e. The Morgan fingerprint density at radius 3 is 2.86 bits per heavy atom. The van der Waals surface area contributed by atoms with Gasteiger partial charge in [0.2, 0.25) is 5.72 Å². The molecule has 0 saturated carbocycles. The monoisotopic (exact) mass is 538 g/mol. The van der Waals surface area contributed by atoms with Crippen LogP contribution in [-0.4, -0.2) is 16.1 Å². The first-order valence-electron chi connectivity index (χ1n) is 11.5. The van der Waals surface area contributed by atoms with Crippen molar-refractivity contribution in [3.63, 3.8) is 0 Å². The summed E-state index contributed by atoms with van der Waals surface area (Å²) in [6.45, 7) is 3.39. The quantitative estimate of drug-likeness (QED) is 0.379. The van der Waals surface area contributed by atoms with Gasteiger partial charge in [0, 0.05) is 17.7 Å². The summed E-state index contributed by atoms with van der Waals surface area (Å²) in [5, 5.41) is -0.0306. The summed E-state index contributed by atoms with van der Waals surface area (Å²) in [6, 6.07) is 14.5. The van der Waals surface area contributed by atoms with Gasteiger partial charge >= 0.3 is 0 Å². The van der Waals surface area contributed by atoms with E-state index in [1.54, 1.807) is 29.7 Å². The predicted octanol–water partition coefficient (Wildman–Crippen LogP) is 4.24. The first-order valence-corrected chi connectivity index (χ1v) is 12.7. The van der Waals surface area contributed by atoms with Gasteiger partial charge in [0.1, 0.15) is 47.1 Å². The number of para-hydroxylation sites is 1. The number of thiazole rings is 1. The van der Waals surface area contributed by atoms with Crippen molar-refractivity contribution in [3.8, 4) is 11.5 Å². The number of benzene rings is 2. The zero-order valence-corrected chi connectivity index (χ0v) is 21.3. The van der Waals surface area contributed by atoms with Crippen molar-refractivity contribution in [2.75, 3.05) is 0 Å². The van der Waals surface area contributed by atoms with E-state index in [0.717, 1.165) is 5.56 Å². The summed E-state index contributed by atoms with van der Waals surface area (Å²) in [7, 11) is 0.